The van der Waals surface area contributed by atoms with E-state index in [1.54, 1.807) is 24.3 Å². The maximum atomic E-state index is 13.3. The molecule has 2 aromatic carbocycles. The highest BCUT2D eigenvalue weighted by molar-refractivity contribution is 5.82. The number of nitrogens with two attached hydrogens (primary N) is 1. The van der Waals surface area contributed by atoms with E-state index < -0.39 is 4.92 Å². The van der Waals surface area contributed by atoms with Gasteiger partial charge in [0.2, 0.25) is 0 Å². The van der Waals surface area contributed by atoms with Gasteiger partial charge in [0.15, 0.2) is 11.5 Å². The summed E-state index contributed by atoms with van der Waals surface area (Å²) in [5.41, 5.74) is 9.97. The number of aromatic nitrogens is 4. The van der Waals surface area contributed by atoms with Gasteiger partial charge in [0.05, 0.1) is 16.2 Å². The molecule has 2 heterocycles. The van der Waals surface area contributed by atoms with Crippen molar-refractivity contribution >= 4 is 17.2 Å². The summed E-state index contributed by atoms with van der Waals surface area (Å²) in [4.78, 5) is 10.4. The number of fused-ring (bicyclic) bond motifs is 1. The highest BCUT2D eigenvalue weighted by atomic mass is 19.1. The third kappa shape index (κ3) is 2.82. The zero-order valence-corrected chi connectivity index (χ0v) is 14.8. The van der Waals surface area contributed by atoms with Crippen LogP contribution in [-0.4, -0.2) is 24.7 Å². The van der Waals surface area contributed by atoms with Crippen LogP contribution in [0.15, 0.2) is 48.5 Å². The van der Waals surface area contributed by atoms with Crippen LogP contribution in [0.1, 0.15) is 12.6 Å². The van der Waals surface area contributed by atoms with Crippen LogP contribution in [0.25, 0.3) is 28.0 Å². The number of nitro benzene ring substituents is 1. The van der Waals surface area contributed by atoms with Crippen molar-refractivity contribution in [3.63, 3.8) is 0 Å². The molecule has 0 saturated heterocycles. The lowest BCUT2D eigenvalue weighted by atomic mass is 10.0. The highest BCUT2D eigenvalue weighted by Gasteiger charge is 2.20. The quantitative estimate of drug-likeness (QED) is 0.428. The number of benzene rings is 2. The number of non-ortho nitro benzene ring substituents is 1. The third-order valence-corrected chi connectivity index (χ3v) is 4.47. The number of aryl methyl sites for hydroxylation is 1. The SMILES string of the molecule is CCc1nn2c(N)c(-c3ccc([N+](=O)[O-])cc3)nnc2c1-c1ccc(F)cc1. The van der Waals surface area contributed by atoms with Gasteiger partial charge in [-0.3, -0.25) is 10.1 Å². The number of hydrogen-bond acceptors (Lipinski definition) is 6. The summed E-state index contributed by atoms with van der Waals surface area (Å²) in [6.07, 6.45) is 0.627. The number of halogens is 1. The molecular formula is C19H15FN6O2. The molecule has 9 heteroatoms. The van der Waals surface area contributed by atoms with Crippen molar-refractivity contribution < 1.29 is 9.31 Å². The molecule has 4 aromatic rings. The van der Waals surface area contributed by atoms with Gasteiger partial charge in [0.1, 0.15) is 11.5 Å². The Bertz CT molecular complexity index is 1190. The van der Waals surface area contributed by atoms with Crippen LogP contribution in [0.5, 0.6) is 0 Å². The van der Waals surface area contributed by atoms with Crippen molar-refractivity contribution in [3.05, 3.63) is 70.2 Å². The van der Waals surface area contributed by atoms with Crippen LogP contribution in [0.2, 0.25) is 0 Å². The van der Waals surface area contributed by atoms with E-state index in [2.05, 4.69) is 15.3 Å². The molecule has 0 fully saturated rings. The molecule has 0 aliphatic carbocycles. The highest BCUT2D eigenvalue weighted by Crippen LogP contribution is 2.32. The molecule has 4 rings (SSSR count). The molecule has 0 amide bonds. The standard InChI is InChI=1S/C19H15FN6O2/c1-2-15-16(11-3-7-13(20)8-4-11)19-23-22-17(18(21)25(19)24-15)12-5-9-14(10-6-12)26(27)28/h3-10H,2,21H2,1H3. The Morgan fingerprint density at radius 2 is 1.71 bits per heavy atom. The second-order valence-electron chi connectivity index (χ2n) is 6.16. The number of nitrogen functional groups attached to an aromatic ring is 1. The number of hydrogen-bond donors (Lipinski definition) is 1. The minimum absolute atomic E-state index is 0.0256. The summed E-state index contributed by atoms with van der Waals surface area (Å²) in [5.74, 6) is -0.0637. The first-order chi connectivity index (χ1) is 13.5. The van der Waals surface area contributed by atoms with E-state index in [9.17, 15) is 14.5 Å². The maximum absolute atomic E-state index is 13.3. The van der Waals surface area contributed by atoms with Crippen LogP contribution in [0, 0.1) is 15.9 Å². The monoisotopic (exact) mass is 378 g/mol. The Balaban J connectivity index is 1.88. The second kappa shape index (κ2) is 6.69. The average Bonchev–Trinajstić information content (AvgIpc) is 3.08. The Kier molecular flexibility index (Phi) is 4.19. The van der Waals surface area contributed by atoms with E-state index in [0.717, 1.165) is 16.8 Å². The summed E-state index contributed by atoms with van der Waals surface area (Å²) in [6, 6.07) is 12.0. The second-order valence-corrected chi connectivity index (χ2v) is 6.16. The first-order valence-corrected chi connectivity index (χ1v) is 8.54. The van der Waals surface area contributed by atoms with Gasteiger partial charge in [0, 0.05) is 17.7 Å². The lowest BCUT2D eigenvalue weighted by Crippen LogP contribution is -2.05. The van der Waals surface area contributed by atoms with Crippen LogP contribution in [0.3, 0.4) is 0 Å². The van der Waals surface area contributed by atoms with Crippen molar-refractivity contribution in [2.45, 2.75) is 13.3 Å². The van der Waals surface area contributed by atoms with Gasteiger partial charge in [-0.2, -0.15) is 9.61 Å². The van der Waals surface area contributed by atoms with E-state index >= 15 is 0 Å². The predicted octanol–water partition coefficient (Wildman–Crippen LogP) is 3.65. The Morgan fingerprint density at radius 3 is 2.32 bits per heavy atom. The molecule has 0 aliphatic rings. The third-order valence-electron chi connectivity index (χ3n) is 4.47. The molecule has 0 spiro atoms. The molecule has 0 atom stereocenters. The summed E-state index contributed by atoms with van der Waals surface area (Å²) in [6.45, 7) is 1.95. The number of nitro groups is 1. The van der Waals surface area contributed by atoms with Gasteiger partial charge in [-0.05, 0) is 36.2 Å². The minimum Gasteiger partial charge on any atom is -0.382 e. The Hall–Kier alpha value is -3.88. The van der Waals surface area contributed by atoms with Crippen molar-refractivity contribution in [1.82, 2.24) is 19.8 Å². The van der Waals surface area contributed by atoms with E-state index in [4.69, 9.17) is 5.73 Å². The lowest BCUT2D eigenvalue weighted by molar-refractivity contribution is -0.384. The smallest absolute Gasteiger partial charge is 0.269 e. The molecule has 0 aliphatic heterocycles. The summed E-state index contributed by atoms with van der Waals surface area (Å²) < 4.78 is 14.8. The Labute approximate surface area is 158 Å². The van der Waals surface area contributed by atoms with E-state index in [1.165, 1.54) is 28.8 Å². The predicted molar refractivity (Wildman–Crippen MR) is 102 cm³/mol. The molecule has 2 N–H and O–H groups in total. The molecule has 0 radical (unpaired) electrons. The zero-order chi connectivity index (χ0) is 19.8. The van der Waals surface area contributed by atoms with Gasteiger partial charge in [-0.15, -0.1) is 10.2 Å². The summed E-state index contributed by atoms with van der Waals surface area (Å²) in [7, 11) is 0. The van der Waals surface area contributed by atoms with E-state index in [1.807, 2.05) is 6.92 Å². The average molecular weight is 378 g/mol. The zero-order valence-electron chi connectivity index (χ0n) is 14.8. The summed E-state index contributed by atoms with van der Waals surface area (Å²) >= 11 is 0. The van der Waals surface area contributed by atoms with Gasteiger partial charge < -0.3 is 5.73 Å². The minimum atomic E-state index is -0.474. The molecule has 28 heavy (non-hydrogen) atoms. The van der Waals surface area contributed by atoms with Crippen molar-refractivity contribution in [2.24, 2.45) is 0 Å². The maximum Gasteiger partial charge on any atom is 0.269 e. The molecular weight excluding hydrogens is 363 g/mol. The fraction of sp³-hybridized carbons (Fsp3) is 0.105. The fourth-order valence-corrected chi connectivity index (χ4v) is 3.07. The number of nitrogens with zero attached hydrogens (tertiary/aromatic N) is 5. The molecule has 0 unspecified atom stereocenters. The van der Waals surface area contributed by atoms with Crippen LogP contribution in [-0.2, 0) is 6.42 Å². The first kappa shape index (κ1) is 17.5. The first-order valence-electron chi connectivity index (χ1n) is 8.54. The molecule has 2 aromatic heterocycles. The molecule has 0 bridgehead atoms. The summed E-state index contributed by atoms with van der Waals surface area (Å²) in [5, 5.41) is 23.9. The molecule has 0 saturated carbocycles. The van der Waals surface area contributed by atoms with Gasteiger partial charge >= 0.3 is 0 Å². The number of anilines is 1. The molecule has 8 nitrogen and oxygen atoms in total. The van der Waals surface area contributed by atoms with Crippen molar-refractivity contribution in [1.29, 1.82) is 0 Å². The van der Waals surface area contributed by atoms with E-state index in [-0.39, 0.29) is 17.3 Å². The van der Waals surface area contributed by atoms with Gasteiger partial charge in [-0.1, -0.05) is 19.1 Å². The van der Waals surface area contributed by atoms with E-state index in [0.29, 0.717) is 23.3 Å². The van der Waals surface area contributed by atoms with Crippen LogP contribution >= 0.6 is 0 Å². The number of rotatable bonds is 4. The normalized spacial score (nSPS) is 11.1. The Morgan fingerprint density at radius 1 is 1.07 bits per heavy atom. The van der Waals surface area contributed by atoms with Crippen molar-refractivity contribution in [3.8, 4) is 22.4 Å². The van der Waals surface area contributed by atoms with Gasteiger partial charge in [0.25, 0.3) is 5.69 Å². The lowest BCUT2D eigenvalue weighted by Gasteiger charge is -2.06. The largest absolute Gasteiger partial charge is 0.382 e. The molecule has 140 valence electrons. The van der Waals surface area contributed by atoms with Crippen LogP contribution < -0.4 is 5.73 Å². The topological polar surface area (TPSA) is 112 Å². The fourth-order valence-electron chi connectivity index (χ4n) is 3.07. The van der Waals surface area contributed by atoms with Gasteiger partial charge in [-0.25, -0.2) is 4.39 Å². The van der Waals surface area contributed by atoms with Crippen LogP contribution in [0.4, 0.5) is 15.9 Å². The van der Waals surface area contributed by atoms with Crippen molar-refractivity contribution in [2.75, 3.05) is 5.73 Å².